The number of furan rings is 1. The Labute approximate surface area is 146 Å². The summed E-state index contributed by atoms with van der Waals surface area (Å²) in [7, 11) is 0. The molecule has 0 saturated carbocycles. The number of rotatable bonds is 5. The molecule has 1 amide bonds. The molecule has 6 heteroatoms. The van der Waals surface area contributed by atoms with E-state index in [-0.39, 0.29) is 11.9 Å². The zero-order chi connectivity index (χ0) is 17.1. The fraction of sp³-hybridized carbons (Fsp3) is 0.368. The van der Waals surface area contributed by atoms with Crippen LogP contribution < -0.4 is 5.32 Å². The Bertz CT molecular complexity index is 834. The second kappa shape index (κ2) is 7.11. The van der Waals surface area contributed by atoms with Gasteiger partial charge in [-0.15, -0.1) is 0 Å². The van der Waals surface area contributed by atoms with Crippen LogP contribution in [-0.4, -0.2) is 40.6 Å². The van der Waals surface area contributed by atoms with Crippen LogP contribution in [0.3, 0.4) is 0 Å². The third-order valence-electron chi connectivity index (χ3n) is 4.84. The molecule has 130 valence electrons. The topological polar surface area (TPSA) is 74.2 Å². The first-order valence-electron chi connectivity index (χ1n) is 8.81. The van der Waals surface area contributed by atoms with Gasteiger partial charge < -0.3 is 9.73 Å². The number of hydrogen-bond acceptors (Lipinski definition) is 4. The molecule has 4 rings (SSSR count). The van der Waals surface area contributed by atoms with E-state index in [2.05, 4.69) is 20.4 Å². The van der Waals surface area contributed by atoms with Crippen LogP contribution in [0.4, 0.5) is 0 Å². The van der Waals surface area contributed by atoms with E-state index in [1.165, 1.54) is 19.3 Å². The van der Waals surface area contributed by atoms with Gasteiger partial charge in [-0.2, -0.15) is 5.10 Å². The molecule has 3 heterocycles. The van der Waals surface area contributed by atoms with E-state index in [1.807, 2.05) is 36.4 Å². The lowest BCUT2D eigenvalue weighted by atomic mass is 10.1. The second-order valence-corrected chi connectivity index (χ2v) is 6.46. The van der Waals surface area contributed by atoms with E-state index in [9.17, 15) is 4.79 Å². The average Bonchev–Trinajstić information content (AvgIpc) is 3.32. The molecule has 1 aromatic carbocycles. The van der Waals surface area contributed by atoms with Crippen molar-refractivity contribution in [3.05, 3.63) is 54.1 Å². The first-order chi connectivity index (χ1) is 12.3. The number of nitrogens with zero attached hydrogens (tertiary/aromatic N) is 2. The summed E-state index contributed by atoms with van der Waals surface area (Å²) in [6.45, 7) is 2.58. The molecule has 3 aromatic rings. The van der Waals surface area contributed by atoms with Crippen LogP contribution in [0.2, 0.25) is 0 Å². The maximum atomic E-state index is 12.6. The first kappa shape index (κ1) is 15.9. The number of amides is 1. The maximum absolute atomic E-state index is 12.6. The van der Waals surface area contributed by atoms with E-state index >= 15 is 0 Å². The summed E-state index contributed by atoms with van der Waals surface area (Å²) in [5.41, 5.74) is 1.30. The van der Waals surface area contributed by atoms with Crippen LogP contribution in [0.15, 0.2) is 47.1 Å². The SMILES string of the molecule is O=C(NCC(c1ccco1)N1CCCCC1)c1n[nH]c2ccccc12. The smallest absolute Gasteiger partial charge is 0.272 e. The van der Waals surface area contributed by atoms with Crippen LogP contribution in [0.25, 0.3) is 10.9 Å². The van der Waals surface area contributed by atoms with Gasteiger partial charge >= 0.3 is 0 Å². The molecule has 1 aliphatic heterocycles. The van der Waals surface area contributed by atoms with E-state index in [0.717, 1.165) is 29.8 Å². The minimum absolute atomic E-state index is 0.0597. The number of nitrogens with one attached hydrogen (secondary N) is 2. The number of hydrogen-bond donors (Lipinski definition) is 2. The summed E-state index contributed by atoms with van der Waals surface area (Å²) in [5, 5.41) is 11.0. The van der Waals surface area contributed by atoms with Gasteiger partial charge in [-0.05, 0) is 44.1 Å². The van der Waals surface area contributed by atoms with E-state index in [4.69, 9.17) is 4.42 Å². The molecular weight excluding hydrogens is 316 g/mol. The molecule has 0 radical (unpaired) electrons. The molecule has 1 fully saturated rings. The number of fused-ring (bicyclic) bond motifs is 1. The van der Waals surface area contributed by atoms with Crippen molar-refractivity contribution in [2.24, 2.45) is 0 Å². The summed E-state index contributed by atoms with van der Waals surface area (Å²) in [4.78, 5) is 15.0. The number of carbonyl (C=O) groups is 1. The van der Waals surface area contributed by atoms with Gasteiger partial charge in [0.05, 0.1) is 17.8 Å². The Morgan fingerprint density at radius 1 is 1.20 bits per heavy atom. The zero-order valence-electron chi connectivity index (χ0n) is 14.1. The minimum atomic E-state index is -0.161. The van der Waals surface area contributed by atoms with Crippen LogP contribution in [0, 0.1) is 0 Å². The van der Waals surface area contributed by atoms with Crippen molar-refractivity contribution in [3.8, 4) is 0 Å². The Hall–Kier alpha value is -2.60. The van der Waals surface area contributed by atoms with E-state index in [1.54, 1.807) is 6.26 Å². The summed E-state index contributed by atoms with van der Waals surface area (Å²) < 4.78 is 5.63. The third-order valence-corrected chi connectivity index (χ3v) is 4.84. The van der Waals surface area contributed by atoms with Crippen molar-refractivity contribution in [1.29, 1.82) is 0 Å². The molecule has 1 atom stereocenters. The fourth-order valence-electron chi connectivity index (χ4n) is 3.53. The number of H-pyrrole nitrogens is 1. The summed E-state index contributed by atoms with van der Waals surface area (Å²) >= 11 is 0. The molecule has 0 bridgehead atoms. The van der Waals surface area contributed by atoms with Crippen molar-refractivity contribution >= 4 is 16.8 Å². The zero-order valence-corrected chi connectivity index (χ0v) is 14.1. The molecule has 1 unspecified atom stereocenters. The summed E-state index contributed by atoms with van der Waals surface area (Å²) in [6, 6.07) is 11.6. The van der Waals surface area contributed by atoms with Crippen LogP contribution >= 0.6 is 0 Å². The number of likely N-dealkylation sites (tertiary alicyclic amines) is 1. The van der Waals surface area contributed by atoms with Gasteiger partial charge in [-0.25, -0.2) is 0 Å². The minimum Gasteiger partial charge on any atom is -0.468 e. The number of piperidine rings is 1. The summed E-state index contributed by atoms with van der Waals surface area (Å²) in [6.07, 6.45) is 5.34. The van der Waals surface area contributed by atoms with Crippen LogP contribution in [-0.2, 0) is 0 Å². The highest BCUT2D eigenvalue weighted by molar-refractivity contribution is 6.04. The lowest BCUT2D eigenvalue weighted by Crippen LogP contribution is -2.40. The van der Waals surface area contributed by atoms with Gasteiger partial charge in [0.25, 0.3) is 5.91 Å². The standard InChI is InChI=1S/C19H22N4O2/c24-19(18-14-7-2-3-8-15(14)21-22-18)20-13-16(17-9-6-12-25-17)23-10-4-1-5-11-23/h2-3,6-9,12,16H,1,4-5,10-11,13H2,(H,20,24)(H,21,22). The molecule has 2 N–H and O–H groups in total. The average molecular weight is 338 g/mol. The number of para-hydroxylation sites is 1. The van der Waals surface area contributed by atoms with Gasteiger partial charge in [0.2, 0.25) is 0 Å². The highest BCUT2D eigenvalue weighted by Crippen LogP contribution is 2.24. The second-order valence-electron chi connectivity index (χ2n) is 6.46. The van der Waals surface area contributed by atoms with Crippen LogP contribution in [0.5, 0.6) is 0 Å². The maximum Gasteiger partial charge on any atom is 0.272 e. The van der Waals surface area contributed by atoms with Gasteiger partial charge in [-0.3, -0.25) is 14.8 Å². The van der Waals surface area contributed by atoms with E-state index < -0.39 is 0 Å². The lowest BCUT2D eigenvalue weighted by Gasteiger charge is -2.33. The molecular formula is C19H22N4O2. The number of benzene rings is 1. The molecule has 25 heavy (non-hydrogen) atoms. The molecule has 0 spiro atoms. The molecule has 1 aliphatic rings. The monoisotopic (exact) mass is 338 g/mol. The van der Waals surface area contributed by atoms with Gasteiger partial charge in [0, 0.05) is 11.9 Å². The Morgan fingerprint density at radius 2 is 2.04 bits per heavy atom. The largest absolute Gasteiger partial charge is 0.468 e. The predicted molar refractivity (Wildman–Crippen MR) is 95.3 cm³/mol. The predicted octanol–water partition coefficient (Wildman–Crippen LogP) is 3.11. The van der Waals surface area contributed by atoms with Crippen molar-refractivity contribution in [2.75, 3.05) is 19.6 Å². The van der Waals surface area contributed by atoms with Crippen molar-refractivity contribution in [1.82, 2.24) is 20.4 Å². The lowest BCUT2D eigenvalue weighted by molar-refractivity contribution is 0.0911. The van der Waals surface area contributed by atoms with E-state index in [0.29, 0.717) is 12.2 Å². The Balaban J connectivity index is 1.49. The van der Waals surface area contributed by atoms with Gasteiger partial charge in [0.15, 0.2) is 5.69 Å². The Kier molecular flexibility index (Phi) is 4.52. The highest BCUT2D eigenvalue weighted by atomic mass is 16.3. The van der Waals surface area contributed by atoms with Gasteiger partial charge in [0.1, 0.15) is 5.76 Å². The molecule has 6 nitrogen and oxygen atoms in total. The first-order valence-corrected chi connectivity index (χ1v) is 8.81. The highest BCUT2D eigenvalue weighted by Gasteiger charge is 2.25. The van der Waals surface area contributed by atoms with Crippen molar-refractivity contribution < 1.29 is 9.21 Å². The number of carbonyl (C=O) groups excluding carboxylic acids is 1. The number of aromatic nitrogens is 2. The summed E-state index contributed by atoms with van der Waals surface area (Å²) in [5.74, 6) is 0.736. The van der Waals surface area contributed by atoms with Crippen molar-refractivity contribution in [3.63, 3.8) is 0 Å². The molecule has 0 aliphatic carbocycles. The fourth-order valence-corrected chi connectivity index (χ4v) is 3.53. The molecule has 1 saturated heterocycles. The number of aromatic amines is 1. The third kappa shape index (κ3) is 3.30. The van der Waals surface area contributed by atoms with Crippen LogP contribution in [0.1, 0.15) is 41.6 Å². The Morgan fingerprint density at radius 3 is 2.84 bits per heavy atom. The quantitative estimate of drug-likeness (QED) is 0.750. The van der Waals surface area contributed by atoms with Gasteiger partial charge in [-0.1, -0.05) is 24.6 Å². The van der Waals surface area contributed by atoms with Crippen molar-refractivity contribution in [2.45, 2.75) is 25.3 Å². The molecule has 2 aromatic heterocycles. The normalized spacial score (nSPS) is 16.8.